The molecule has 2 aliphatic rings. The molecule has 4 aromatic rings. The van der Waals surface area contributed by atoms with Gasteiger partial charge in [0, 0.05) is 17.7 Å². The molecule has 0 unspecified atom stereocenters. The van der Waals surface area contributed by atoms with Crippen molar-refractivity contribution in [2.24, 2.45) is 5.92 Å². The Morgan fingerprint density at radius 1 is 1.09 bits per heavy atom. The molecule has 44 heavy (non-hydrogen) atoms. The van der Waals surface area contributed by atoms with E-state index in [1.807, 2.05) is 67.6 Å². The normalized spacial score (nSPS) is 19.0. The van der Waals surface area contributed by atoms with Crippen molar-refractivity contribution < 1.29 is 24.2 Å². The Morgan fingerprint density at radius 3 is 2.70 bits per heavy atom. The zero-order chi connectivity index (χ0) is 30.8. The van der Waals surface area contributed by atoms with Gasteiger partial charge in [-0.3, -0.25) is 14.5 Å². The maximum atomic E-state index is 13.7. The molecule has 8 nitrogen and oxygen atoms in total. The Morgan fingerprint density at radius 2 is 1.91 bits per heavy atom. The molecule has 2 aliphatic heterocycles. The zero-order valence-corrected chi connectivity index (χ0v) is 26.4. The third-order valence-electron chi connectivity index (χ3n) is 7.56. The first kappa shape index (κ1) is 29.9. The number of ether oxygens (including phenoxy) is 2. The molecule has 6 rings (SSSR count). The quantitative estimate of drug-likeness (QED) is 0.0647. The third kappa shape index (κ3) is 6.23. The van der Waals surface area contributed by atoms with Gasteiger partial charge >= 0.3 is 5.91 Å². The van der Waals surface area contributed by atoms with Crippen molar-refractivity contribution in [1.29, 1.82) is 0 Å². The molecule has 226 valence electrons. The summed E-state index contributed by atoms with van der Waals surface area (Å²) in [4.78, 5) is 28.8. The largest absolute Gasteiger partial charge is 0.507 e. The molecule has 1 N–H and O–H groups in total. The van der Waals surface area contributed by atoms with E-state index in [-0.39, 0.29) is 22.6 Å². The number of carbonyl (C=O) groups excluding carboxylic acids is 2. The van der Waals surface area contributed by atoms with E-state index in [0.717, 1.165) is 23.3 Å². The van der Waals surface area contributed by atoms with E-state index >= 15 is 0 Å². The lowest BCUT2D eigenvalue weighted by Gasteiger charge is -2.23. The van der Waals surface area contributed by atoms with Crippen LogP contribution < -0.4 is 14.4 Å². The first-order valence-electron chi connectivity index (χ1n) is 14.6. The van der Waals surface area contributed by atoms with Crippen LogP contribution in [0.2, 0.25) is 0 Å². The zero-order valence-electron chi connectivity index (χ0n) is 24.7. The smallest absolute Gasteiger partial charge is 0.301 e. The molecule has 2 atom stereocenters. The topological polar surface area (TPSA) is 102 Å². The van der Waals surface area contributed by atoms with Gasteiger partial charge < -0.3 is 14.6 Å². The summed E-state index contributed by atoms with van der Waals surface area (Å²) in [6.07, 6.45) is 1.60. The summed E-state index contributed by atoms with van der Waals surface area (Å²) in [5, 5.41) is 20.6. The van der Waals surface area contributed by atoms with Crippen LogP contribution >= 0.6 is 23.1 Å². The van der Waals surface area contributed by atoms with E-state index in [1.54, 1.807) is 12.1 Å². The average molecular weight is 628 g/mol. The number of thioether (sulfide) groups is 1. The second-order valence-corrected chi connectivity index (χ2v) is 13.5. The molecular formula is C34H33N3O5S2. The minimum atomic E-state index is -0.924. The SMILES string of the molecule is CC(C)CCOc1cccc([C@@H]2C(=C(O)c3ccc4c(c3)C[C@@H](C)O4)C(=O)C(=O)N2c2nnc(SCc3ccccc3)s2)c1. The summed E-state index contributed by atoms with van der Waals surface area (Å²) >= 11 is 2.75. The van der Waals surface area contributed by atoms with Gasteiger partial charge in [-0.05, 0) is 66.3 Å². The van der Waals surface area contributed by atoms with E-state index in [2.05, 4.69) is 24.0 Å². The van der Waals surface area contributed by atoms with Crippen molar-refractivity contribution in [2.75, 3.05) is 11.5 Å². The van der Waals surface area contributed by atoms with Crippen LogP contribution in [0.4, 0.5) is 5.13 Å². The van der Waals surface area contributed by atoms with Gasteiger partial charge in [0.15, 0.2) is 4.34 Å². The number of ketones is 1. The Labute approximate surface area is 264 Å². The molecule has 3 heterocycles. The predicted molar refractivity (Wildman–Crippen MR) is 172 cm³/mol. The highest BCUT2D eigenvalue weighted by atomic mass is 32.2. The van der Waals surface area contributed by atoms with E-state index in [9.17, 15) is 14.7 Å². The van der Waals surface area contributed by atoms with Gasteiger partial charge in [-0.15, -0.1) is 10.2 Å². The van der Waals surface area contributed by atoms with Crippen LogP contribution in [-0.4, -0.2) is 39.7 Å². The molecule has 3 aromatic carbocycles. The molecule has 10 heteroatoms. The van der Waals surface area contributed by atoms with Crippen LogP contribution in [0, 0.1) is 5.92 Å². The van der Waals surface area contributed by atoms with Gasteiger partial charge in [-0.25, -0.2) is 0 Å². The van der Waals surface area contributed by atoms with Crippen LogP contribution in [0.25, 0.3) is 5.76 Å². The Bertz CT molecular complexity index is 1720. The van der Waals surface area contributed by atoms with Crippen LogP contribution in [0.3, 0.4) is 0 Å². The number of carbonyl (C=O) groups is 2. The maximum Gasteiger partial charge on any atom is 0.301 e. The number of anilines is 1. The minimum Gasteiger partial charge on any atom is -0.507 e. The van der Waals surface area contributed by atoms with Gasteiger partial charge in [0.25, 0.3) is 5.78 Å². The number of hydrogen-bond donors (Lipinski definition) is 1. The fourth-order valence-electron chi connectivity index (χ4n) is 5.33. The fourth-order valence-corrected chi connectivity index (χ4v) is 7.16. The van der Waals surface area contributed by atoms with Crippen molar-refractivity contribution >= 4 is 45.7 Å². The molecule has 0 radical (unpaired) electrons. The molecule has 0 saturated carbocycles. The number of aliphatic hydroxyl groups excluding tert-OH is 1. The summed E-state index contributed by atoms with van der Waals surface area (Å²) in [7, 11) is 0. The first-order valence-corrected chi connectivity index (χ1v) is 16.4. The highest BCUT2D eigenvalue weighted by Crippen LogP contribution is 2.45. The van der Waals surface area contributed by atoms with Crippen molar-refractivity contribution in [3.8, 4) is 11.5 Å². The lowest BCUT2D eigenvalue weighted by atomic mass is 9.94. The van der Waals surface area contributed by atoms with Crippen LogP contribution in [0.5, 0.6) is 11.5 Å². The second kappa shape index (κ2) is 12.8. The predicted octanol–water partition coefficient (Wildman–Crippen LogP) is 7.21. The lowest BCUT2D eigenvalue weighted by Crippen LogP contribution is -2.29. The number of rotatable bonds is 10. The van der Waals surface area contributed by atoms with Crippen LogP contribution in [0.15, 0.2) is 82.7 Å². The van der Waals surface area contributed by atoms with Crippen molar-refractivity contribution in [1.82, 2.24) is 10.2 Å². The van der Waals surface area contributed by atoms with Gasteiger partial charge in [-0.1, -0.05) is 79.4 Å². The van der Waals surface area contributed by atoms with E-state index < -0.39 is 17.7 Å². The number of hydrogen-bond acceptors (Lipinski definition) is 9. The molecule has 1 amide bonds. The van der Waals surface area contributed by atoms with Gasteiger partial charge in [0.05, 0.1) is 18.2 Å². The number of amides is 1. The minimum absolute atomic E-state index is 0.00469. The molecule has 1 aromatic heterocycles. The number of nitrogens with zero attached hydrogens (tertiary/aromatic N) is 3. The number of benzene rings is 3. The number of Topliss-reactive ketones (excluding diaryl/α,β-unsaturated/α-hetero) is 1. The maximum absolute atomic E-state index is 13.7. The number of fused-ring (bicyclic) bond motifs is 1. The van der Waals surface area contributed by atoms with Crippen LogP contribution in [-0.2, 0) is 21.8 Å². The van der Waals surface area contributed by atoms with Crippen molar-refractivity contribution in [2.45, 2.75) is 55.9 Å². The van der Waals surface area contributed by atoms with Crippen LogP contribution in [0.1, 0.15) is 55.5 Å². The summed E-state index contributed by atoms with van der Waals surface area (Å²) in [5.41, 5.74) is 3.15. The van der Waals surface area contributed by atoms with E-state index in [4.69, 9.17) is 9.47 Å². The standard InChI is InChI=1S/C34H33N3O5S2/c1-20(2)14-15-41-26-11-7-10-23(18-26)29-28(30(38)24-12-13-27-25(17-24)16-21(3)42-27)31(39)32(40)37(29)33-35-36-34(44-33)43-19-22-8-5-4-6-9-22/h4-13,17-18,20-21,29,38H,14-16,19H2,1-3H3/t21-,29-/m1/s1. The summed E-state index contributed by atoms with van der Waals surface area (Å²) in [5.74, 6) is 0.757. The van der Waals surface area contributed by atoms with Gasteiger partial charge in [0.1, 0.15) is 23.4 Å². The average Bonchev–Trinajstić information content (AvgIpc) is 3.71. The Hall–Kier alpha value is -4.15. The van der Waals surface area contributed by atoms with Crippen molar-refractivity contribution in [3.63, 3.8) is 0 Å². The van der Waals surface area contributed by atoms with Gasteiger partial charge in [-0.2, -0.15) is 0 Å². The lowest BCUT2D eigenvalue weighted by molar-refractivity contribution is -0.132. The number of aliphatic hydroxyl groups is 1. The molecule has 1 fully saturated rings. The number of aromatic nitrogens is 2. The summed E-state index contributed by atoms with van der Waals surface area (Å²) in [6, 6.07) is 21.7. The monoisotopic (exact) mass is 627 g/mol. The van der Waals surface area contributed by atoms with E-state index in [1.165, 1.54) is 28.0 Å². The molecule has 0 spiro atoms. The molecule has 0 bridgehead atoms. The fraction of sp³-hybridized carbons (Fsp3) is 0.294. The third-order valence-corrected chi connectivity index (χ3v) is 9.69. The Balaban J connectivity index is 1.38. The van der Waals surface area contributed by atoms with Gasteiger partial charge in [0.2, 0.25) is 5.13 Å². The molecule has 1 saturated heterocycles. The molecular weight excluding hydrogens is 595 g/mol. The highest BCUT2D eigenvalue weighted by Gasteiger charge is 2.48. The summed E-state index contributed by atoms with van der Waals surface area (Å²) in [6.45, 7) is 6.78. The molecule has 0 aliphatic carbocycles. The second-order valence-electron chi connectivity index (χ2n) is 11.4. The Kier molecular flexibility index (Phi) is 8.72. The van der Waals surface area contributed by atoms with Crippen molar-refractivity contribution in [3.05, 3.63) is 101 Å². The summed E-state index contributed by atoms with van der Waals surface area (Å²) < 4.78 is 12.5. The first-order chi connectivity index (χ1) is 21.3. The highest BCUT2D eigenvalue weighted by molar-refractivity contribution is 8.00. The van der Waals surface area contributed by atoms with E-state index in [0.29, 0.717) is 45.9 Å².